The third kappa shape index (κ3) is 3.56. The molecule has 17 heavy (non-hydrogen) atoms. The molecular formula is C14H20BrNO. The number of hydrogen-bond donors (Lipinski definition) is 0. The zero-order valence-electron chi connectivity index (χ0n) is 11.0. The molecule has 2 nitrogen and oxygen atoms in total. The summed E-state index contributed by atoms with van der Waals surface area (Å²) in [7, 11) is 1.87. The second kappa shape index (κ2) is 6.20. The number of halogens is 1. The fourth-order valence-electron chi connectivity index (χ4n) is 1.72. The molecule has 1 atom stereocenters. The number of nitrogens with zero attached hydrogens (tertiary/aromatic N) is 1. The first-order valence-corrected chi connectivity index (χ1v) is 6.77. The topological polar surface area (TPSA) is 20.3 Å². The lowest BCUT2D eigenvalue weighted by Crippen LogP contribution is -2.31. The molecule has 1 unspecified atom stereocenters. The van der Waals surface area contributed by atoms with Crippen molar-refractivity contribution in [1.82, 2.24) is 4.90 Å². The molecule has 1 aromatic rings. The summed E-state index contributed by atoms with van der Waals surface area (Å²) >= 11 is 3.46. The summed E-state index contributed by atoms with van der Waals surface area (Å²) < 4.78 is 0.986. The van der Waals surface area contributed by atoms with Crippen LogP contribution in [-0.2, 0) is 0 Å². The van der Waals surface area contributed by atoms with E-state index in [9.17, 15) is 4.79 Å². The number of amides is 1. The summed E-state index contributed by atoms with van der Waals surface area (Å²) in [5.41, 5.74) is 1.79. The first-order valence-electron chi connectivity index (χ1n) is 5.98. The van der Waals surface area contributed by atoms with Crippen LogP contribution in [0.2, 0.25) is 0 Å². The van der Waals surface area contributed by atoms with Gasteiger partial charge in [0.25, 0.3) is 5.91 Å². The maximum Gasteiger partial charge on any atom is 0.253 e. The molecule has 0 aliphatic carbocycles. The van der Waals surface area contributed by atoms with Gasteiger partial charge in [-0.15, -0.1) is 0 Å². The molecule has 0 saturated carbocycles. The third-order valence-electron chi connectivity index (χ3n) is 3.13. The Morgan fingerprint density at radius 1 is 1.47 bits per heavy atom. The molecule has 0 fully saturated rings. The highest BCUT2D eigenvalue weighted by Gasteiger charge is 2.16. The van der Waals surface area contributed by atoms with Crippen molar-refractivity contribution in [2.75, 3.05) is 13.6 Å². The van der Waals surface area contributed by atoms with Crippen LogP contribution in [0.5, 0.6) is 0 Å². The van der Waals surface area contributed by atoms with Gasteiger partial charge in [0.2, 0.25) is 0 Å². The predicted molar refractivity (Wildman–Crippen MR) is 75.3 cm³/mol. The van der Waals surface area contributed by atoms with E-state index in [1.165, 1.54) is 0 Å². The molecule has 0 bridgehead atoms. The molecule has 94 valence electrons. The van der Waals surface area contributed by atoms with Crippen LogP contribution in [0.3, 0.4) is 0 Å². The van der Waals surface area contributed by atoms with E-state index in [0.29, 0.717) is 5.92 Å². The second-order valence-electron chi connectivity index (χ2n) is 4.61. The van der Waals surface area contributed by atoms with Crippen molar-refractivity contribution in [3.05, 3.63) is 33.8 Å². The summed E-state index contributed by atoms with van der Waals surface area (Å²) in [6.45, 7) is 7.08. The molecule has 0 saturated heterocycles. The highest BCUT2D eigenvalue weighted by atomic mass is 79.9. The smallest absolute Gasteiger partial charge is 0.253 e. The molecule has 0 N–H and O–H groups in total. The molecule has 0 heterocycles. The van der Waals surface area contributed by atoms with Crippen LogP contribution < -0.4 is 0 Å². The lowest BCUT2D eigenvalue weighted by atomic mass is 10.1. The molecule has 0 aliphatic heterocycles. The Kier molecular flexibility index (Phi) is 5.19. The van der Waals surface area contributed by atoms with Gasteiger partial charge in [0.1, 0.15) is 0 Å². The van der Waals surface area contributed by atoms with Gasteiger partial charge >= 0.3 is 0 Å². The van der Waals surface area contributed by atoms with E-state index >= 15 is 0 Å². The van der Waals surface area contributed by atoms with Gasteiger partial charge in [-0.25, -0.2) is 0 Å². The minimum atomic E-state index is 0.101. The number of rotatable bonds is 4. The maximum absolute atomic E-state index is 12.3. The van der Waals surface area contributed by atoms with E-state index in [0.717, 1.165) is 28.6 Å². The Bertz CT molecular complexity index is 403. The summed E-state index contributed by atoms with van der Waals surface area (Å²) in [6.07, 6.45) is 1.09. The Morgan fingerprint density at radius 2 is 2.12 bits per heavy atom. The van der Waals surface area contributed by atoms with Crippen LogP contribution in [0.15, 0.2) is 22.7 Å². The van der Waals surface area contributed by atoms with Crippen molar-refractivity contribution in [2.24, 2.45) is 5.92 Å². The molecular weight excluding hydrogens is 278 g/mol. The molecule has 0 aliphatic rings. The molecule has 1 amide bonds. The van der Waals surface area contributed by atoms with Gasteiger partial charge in [0, 0.05) is 23.6 Å². The molecule has 0 radical (unpaired) electrons. The third-order valence-corrected chi connectivity index (χ3v) is 3.99. The summed E-state index contributed by atoms with van der Waals surface area (Å²) in [5, 5.41) is 0. The second-order valence-corrected chi connectivity index (χ2v) is 5.47. The van der Waals surface area contributed by atoms with Gasteiger partial charge in [-0.3, -0.25) is 4.79 Å². The van der Waals surface area contributed by atoms with E-state index in [1.807, 2.05) is 37.1 Å². The average molecular weight is 298 g/mol. The molecule has 1 aromatic carbocycles. The monoisotopic (exact) mass is 297 g/mol. The van der Waals surface area contributed by atoms with Gasteiger partial charge in [-0.2, -0.15) is 0 Å². The first kappa shape index (κ1) is 14.2. The summed E-state index contributed by atoms with van der Waals surface area (Å²) in [4.78, 5) is 14.1. The van der Waals surface area contributed by atoms with Crippen LogP contribution >= 0.6 is 15.9 Å². The Labute approximate surface area is 112 Å². The van der Waals surface area contributed by atoms with Crippen LogP contribution in [0, 0.1) is 12.8 Å². The fourth-order valence-corrected chi connectivity index (χ4v) is 2.09. The van der Waals surface area contributed by atoms with E-state index in [1.54, 1.807) is 0 Å². The summed E-state index contributed by atoms with van der Waals surface area (Å²) in [6, 6.07) is 5.75. The number of benzene rings is 1. The quantitative estimate of drug-likeness (QED) is 0.826. The van der Waals surface area contributed by atoms with Crippen molar-refractivity contribution >= 4 is 21.8 Å². The molecule has 1 rings (SSSR count). The van der Waals surface area contributed by atoms with Gasteiger partial charge in [0.05, 0.1) is 0 Å². The van der Waals surface area contributed by atoms with Gasteiger partial charge in [-0.1, -0.05) is 42.3 Å². The van der Waals surface area contributed by atoms with E-state index in [2.05, 4.69) is 29.8 Å². The van der Waals surface area contributed by atoms with Gasteiger partial charge < -0.3 is 4.90 Å². The Balaban J connectivity index is 2.85. The standard InChI is InChI=1S/C14H20BrNO/c1-5-10(2)9-16(4)14(17)12-7-6-8-13(15)11(12)3/h6-8,10H,5,9H2,1-4H3. The van der Waals surface area contributed by atoms with E-state index in [4.69, 9.17) is 0 Å². The van der Waals surface area contributed by atoms with Crippen LogP contribution in [0.25, 0.3) is 0 Å². The zero-order chi connectivity index (χ0) is 13.0. The average Bonchev–Trinajstić information content (AvgIpc) is 2.31. The summed E-state index contributed by atoms with van der Waals surface area (Å²) in [5.74, 6) is 0.639. The van der Waals surface area contributed by atoms with Crippen molar-refractivity contribution in [2.45, 2.75) is 27.2 Å². The largest absolute Gasteiger partial charge is 0.341 e. The van der Waals surface area contributed by atoms with Crippen molar-refractivity contribution < 1.29 is 4.79 Å². The Morgan fingerprint density at radius 3 is 2.71 bits per heavy atom. The highest BCUT2D eigenvalue weighted by Crippen LogP contribution is 2.20. The molecule has 0 aromatic heterocycles. The van der Waals surface area contributed by atoms with Crippen LogP contribution in [0.1, 0.15) is 36.2 Å². The highest BCUT2D eigenvalue weighted by molar-refractivity contribution is 9.10. The Hall–Kier alpha value is -0.830. The van der Waals surface area contributed by atoms with Crippen LogP contribution in [-0.4, -0.2) is 24.4 Å². The van der Waals surface area contributed by atoms with Crippen molar-refractivity contribution in [1.29, 1.82) is 0 Å². The SMILES string of the molecule is CCC(C)CN(C)C(=O)c1cccc(Br)c1C. The minimum absolute atomic E-state index is 0.101. The lowest BCUT2D eigenvalue weighted by Gasteiger charge is -2.21. The number of carbonyl (C=O) groups is 1. The number of carbonyl (C=O) groups excluding carboxylic acids is 1. The first-order chi connectivity index (χ1) is 7.97. The van der Waals surface area contributed by atoms with Crippen molar-refractivity contribution in [3.8, 4) is 0 Å². The fraction of sp³-hybridized carbons (Fsp3) is 0.500. The van der Waals surface area contributed by atoms with Crippen LogP contribution in [0.4, 0.5) is 0 Å². The van der Waals surface area contributed by atoms with Gasteiger partial charge in [0.15, 0.2) is 0 Å². The minimum Gasteiger partial charge on any atom is -0.341 e. The number of hydrogen-bond acceptors (Lipinski definition) is 1. The van der Waals surface area contributed by atoms with E-state index < -0.39 is 0 Å². The maximum atomic E-state index is 12.3. The molecule has 0 spiro atoms. The van der Waals surface area contributed by atoms with Gasteiger partial charge in [-0.05, 0) is 30.5 Å². The normalized spacial score (nSPS) is 12.3. The zero-order valence-corrected chi connectivity index (χ0v) is 12.5. The van der Waals surface area contributed by atoms with Crippen molar-refractivity contribution in [3.63, 3.8) is 0 Å². The van der Waals surface area contributed by atoms with E-state index in [-0.39, 0.29) is 5.91 Å². The lowest BCUT2D eigenvalue weighted by molar-refractivity contribution is 0.0774. The predicted octanol–water partition coefficient (Wildman–Crippen LogP) is 3.88. The molecule has 3 heteroatoms.